The third-order valence-electron chi connectivity index (χ3n) is 3.03. The smallest absolute Gasteiger partial charge is 0.228 e. The Hall–Kier alpha value is -2.36. The van der Waals surface area contributed by atoms with E-state index in [1.54, 1.807) is 6.20 Å². The molecule has 0 aliphatic heterocycles. The van der Waals surface area contributed by atoms with Gasteiger partial charge >= 0.3 is 0 Å². The van der Waals surface area contributed by atoms with Gasteiger partial charge in [-0.15, -0.1) is 0 Å². The van der Waals surface area contributed by atoms with E-state index in [4.69, 9.17) is 0 Å². The van der Waals surface area contributed by atoms with Gasteiger partial charge in [0, 0.05) is 11.6 Å². The van der Waals surface area contributed by atoms with Gasteiger partial charge in [-0.2, -0.15) is 0 Å². The van der Waals surface area contributed by atoms with Gasteiger partial charge in [0.15, 0.2) is 0 Å². The van der Waals surface area contributed by atoms with Crippen LogP contribution in [0.4, 0.5) is 17.2 Å². The molecule has 2 aromatic rings. The first-order valence-corrected chi connectivity index (χ1v) is 6.40. The molecule has 0 spiro atoms. The molecule has 0 unspecified atom stereocenters. The minimum Gasteiger partial charge on any atom is -0.354 e. The van der Waals surface area contributed by atoms with Crippen LogP contribution < -0.4 is 10.6 Å². The molecule has 19 heavy (non-hydrogen) atoms. The molecule has 1 aromatic carbocycles. The fourth-order valence-corrected chi connectivity index (χ4v) is 1.80. The van der Waals surface area contributed by atoms with Gasteiger partial charge in [-0.1, -0.05) is 18.2 Å². The van der Waals surface area contributed by atoms with Crippen molar-refractivity contribution in [1.82, 2.24) is 4.98 Å². The first-order chi connectivity index (χ1) is 9.31. The quantitative estimate of drug-likeness (QED) is 0.880. The number of hydrogen-bond acceptors (Lipinski definition) is 3. The molecule has 1 aliphatic carbocycles. The molecule has 1 saturated carbocycles. The van der Waals surface area contributed by atoms with E-state index in [1.807, 2.05) is 42.5 Å². The van der Waals surface area contributed by atoms with E-state index in [0.717, 1.165) is 24.2 Å². The first-order valence-electron chi connectivity index (χ1n) is 6.40. The molecule has 1 aromatic heterocycles. The highest BCUT2D eigenvalue weighted by atomic mass is 16.2. The maximum absolute atomic E-state index is 11.6. The van der Waals surface area contributed by atoms with Crippen LogP contribution in [-0.2, 0) is 4.79 Å². The highest BCUT2D eigenvalue weighted by Crippen LogP contribution is 2.30. The largest absolute Gasteiger partial charge is 0.354 e. The molecule has 1 aliphatic rings. The molecule has 4 heteroatoms. The van der Waals surface area contributed by atoms with Gasteiger partial charge in [0.1, 0.15) is 5.82 Å². The van der Waals surface area contributed by atoms with E-state index in [2.05, 4.69) is 15.6 Å². The monoisotopic (exact) mass is 253 g/mol. The summed E-state index contributed by atoms with van der Waals surface area (Å²) in [5, 5.41) is 6.06. The second-order valence-corrected chi connectivity index (χ2v) is 4.69. The van der Waals surface area contributed by atoms with Crippen LogP contribution in [0, 0.1) is 5.92 Å². The highest BCUT2D eigenvalue weighted by Gasteiger charge is 2.29. The van der Waals surface area contributed by atoms with Crippen molar-refractivity contribution in [2.45, 2.75) is 12.8 Å². The average molecular weight is 253 g/mol. The summed E-state index contributed by atoms with van der Waals surface area (Å²) < 4.78 is 0. The van der Waals surface area contributed by atoms with Gasteiger partial charge in [0.2, 0.25) is 5.91 Å². The van der Waals surface area contributed by atoms with Gasteiger partial charge in [-0.25, -0.2) is 4.98 Å². The normalized spacial score (nSPS) is 13.9. The van der Waals surface area contributed by atoms with Crippen LogP contribution in [0.25, 0.3) is 0 Å². The zero-order valence-corrected chi connectivity index (χ0v) is 10.5. The number of carbonyl (C=O) groups is 1. The Morgan fingerprint density at radius 3 is 2.47 bits per heavy atom. The summed E-state index contributed by atoms with van der Waals surface area (Å²) in [4.78, 5) is 15.8. The van der Waals surface area contributed by atoms with Crippen LogP contribution in [0.1, 0.15) is 12.8 Å². The molecule has 2 N–H and O–H groups in total. The number of rotatable bonds is 4. The number of para-hydroxylation sites is 1. The molecule has 0 radical (unpaired) electrons. The lowest BCUT2D eigenvalue weighted by molar-refractivity contribution is -0.117. The number of aromatic nitrogens is 1. The van der Waals surface area contributed by atoms with Crippen LogP contribution in [-0.4, -0.2) is 10.9 Å². The predicted molar refractivity (Wildman–Crippen MR) is 75.3 cm³/mol. The van der Waals surface area contributed by atoms with Gasteiger partial charge in [0.25, 0.3) is 0 Å². The average Bonchev–Trinajstić information content (AvgIpc) is 3.27. The maximum Gasteiger partial charge on any atom is 0.228 e. The summed E-state index contributed by atoms with van der Waals surface area (Å²) in [6.45, 7) is 0. The number of amides is 1. The first kappa shape index (κ1) is 11.7. The summed E-state index contributed by atoms with van der Waals surface area (Å²) in [7, 11) is 0. The third-order valence-corrected chi connectivity index (χ3v) is 3.03. The molecule has 1 amide bonds. The Bertz CT molecular complexity index is 562. The van der Waals surface area contributed by atoms with Crippen molar-refractivity contribution in [3.8, 4) is 0 Å². The van der Waals surface area contributed by atoms with Crippen molar-refractivity contribution in [2.24, 2.45) is 5.92 Å². The molecule has 0 saturated heterocycles. The fraction of sp³-hybridized carbons (Fsp3) is 0.200. The van der Waals surface area contributed by atoms with Gasteiger partial charge < -0.3 is 10.6 Å². The number of nitrogens with one attached hydrogen (secondary N) is 2. The SMILES string of the molecule is O=C(Nc1ccc(Nc2ccccc2)cn1)C1CC1. The molecule has 0 bridgehead atoms. The zero-order valence-electron chi connectivity index (χ0n) is 10.5. The number of nitrogens with zero attached hydrogens (tertiary/aromatic N) is 1. The number of pyridine rings is 1. The second-order valence-electron chi connectivity index (χ2n) is 4.69. The van der Waals surface area contributed by atoms with E-state index in [0.29, 0.717) is 5.82 Å². The molecule has 3 rings (SSSR count). The molecule has 96 valence electrons. The Balaban J connectivity index is 1.63. The van der Waals surface area contributed by atoms with Crippen molar-refractivity contribution in [1.29, 1.82) is 0 Å². The summed E-state index contributed by atoms with van der Waals surface area (Å²) in [6, 6.07) is 13.6. The molecule has 1 heterocycles. The Kier molecular flexibility index (Phi) is 3.14. The van der Waals surface area contributed by atoms with Crippen molar-refractivity contribution >= 4 is 23.1 Å². The Morgan fingerprint density at radius 1 is 1.05 bits per heavy atom. The molecular weight excluding hydrogens is 238 g/mol. The second kappa shape index (κ2) is 5.10. The standard InChI is InChI=1S/C15H15N3O/c19-15(11-6-7-11)18-14-9-8-13(10-16-14)17-12-4-2-1-3-5-12/h1-5,8-11,17H,6-7H2,(H,16,18,19). The van der Waals surface area contributed by atoms with Gasteiger partial charge in [-0.3, -0.25) is 4.79 Å². The van der Waals surface area contributed by atoms with E-state index in [1.165, 1.54) is 0 Å². The lowest BCUT2D eigenvalue weighted by Gasteiger charge is -2.07. The number of hydrogen-bond donors (Lipinski definition) is 2. The maximum atomic E-state index is 11.6. The van der Waals surface area contributed by atoms with Crippen molar-refractivity contribution < 1.29 is 4.79 Å². The Labute approximate surface area is 111 Å². The lowest BCUT2D eigenvalue weighted by atomic mass is 10.3. The van der Waals surface area contributed by atoms with Gasteiger partial charge in [0.05, 0.1) is 11.9 Å². The van der Waals surface area contributed by atoms with Crippen LogP contribution >= 0.6 is 0 Å². The van der Waals surface area contributed by atoms with Crippen LogP contribution in [0.5, 0.6) is 0 Å². The third kappa shape index (κ3) is 3.10. The highest BCUT2D eigenvalue weighted by molar-refractivity contribution is 5.93. The number of anilines is 3. The van der Waals surface area contributed by atoms with Crippen molar-refractivity contribution in [2.75, 3.05) is 10.6 Å². The minimum atomic E-state index is 0.0799. The van der Waals surface area contributed by atoms with Gasteiger partial charge in [-0.05, 0) is 37.1 Å². The number of benzene rings is 1. The molecular formula is C15H15N3O. The predicted octanol–water partition coefficient (Wildman–Crippen LogP) is 3.17. The summed E-state index contributed by atoms with van der Waals surface area (Å²) in [6.07, 6.45) is 3.72. The summed E-state index contributed by atoms with van der Waals surface area (Å²) in [5.74, 6) is 0.885. The molecule has 0 atom stereocenters. The zero-order chi connectivity index (χ0) is 13.1. The van der Waals surface area contributed by atoms with Crippen molar-refractivity contribution in [3.63, 3.8) is 0 Å². The Morgan fingerprint density at radius 2 is 1.84 bits per heavy atom. The fourth-order valence-electron chi connectivity index (χ4n) is 1.80. The number of carbonyl (C=O) groups excluding carboxylic acids is 1. The summed E-state index contributed by atoms with van der Waals surface area (Å²) in [5.41, 5.74) is 1.91. The van der Waals surface area contributed by atoms with Crippen LogP contribution in [0.2, 0.25) is 0 Å². The van der Waals surface area contributed by atoms with Crippen LogP contribution in [0.3, 0.4) is 0 Å². The topological polar surface area (TPSA) is 54.0 Å². The van der Waals surface area contributed by atoms with E-state index >= 15 is 0 Å². The van der Waals surface area contributed by atoms with E-state index < -0.39 is 0 Å². The summed E-state index contributed by atoms with van der Waals surface area (Å²) >= 11 is 0. The van der Waals surface area contributed by atoms with E-state index in [9.17, 15) is 4.79 Å². The van der Waals surface area contributed by atoms with Crippen LogP contribution in [0.15, 0.2) is 48.7 Å². The van der Waals surface area contributed by atoms with Crippen molar-refractivity contribution in [3.05, 3.63) is 48.7 Å². The minimum absolute atomic E-state index is 0.0799. The van der Waals surface area contributed by atoms with E-state index in [-0.39, 0.29) is 11.8 Å². The molecule has 4 nitrogen and oxygen atoms in total. The lowest BCUT2D eigenvalue weighted by Crippen LogP contribution is -2.14. The molecule has 1 fully saturated rings.